The number of benzene rings is 1. The summed E-state index contributed by atoms with van der Waals surface area (Å²) >= 11 is 3.35. The highest BCUT2D eigenvalue weighted by Gasteiger charge is 2.22. The molecule has 0 aromatic heterocycles. The van der Waals surface area contributed by atoms with Crippen LogP contribution in [0.25, 0.3) is 0 Å². The number of guanidine groups is 1. The van der Waals surface area contributed by atoms with Crippen LogP contribution in [0.2, 0.25) is 0 Å². The van der Waals surface area contributed by atoms with Crippen molar-refractivity contribution in [3.8, 4) is 0 Å². The summed E-state index contributed by atoms with van der Waals surface area (Å²) in [6, 6.07) is 7.24. The van der Waals surface area contributed by atoms with E-state index in [4.69, 9.17) is 0 Å². The van der Waals surface area contributed by atoms with E-state index in [0.29, 0.717) is 25.2 Å². The van der Waals surface area contributed by atoms with Gasteiger partial charge in [0.1, 0.15) is 0 Å². The van der Waals surface area contributed by atoms with Crippen LogP contribution in [-0.4, -0.2) is 60.7 Å². The van der Waals surface area contributed by atoms with Gasteiger partial charge in [-0.2, -0.15) is 0 Å². The first-order valence-corrected chi connectivity index (χ1v) is 8.64. The van der Waals surface area contributed by atoms with Crippen LogP contribution in [0.1, 0.15) is 23.7 Å². The standard InChI is InChI=1S/C16H23BrN4O2/c1-2-18-16(21-10-7-14(22)11-21)20-9-8-19-15(23)12-3-5-13(17)6-4-12/h3-6,14,22H,2,7-11H2,1H3,(H,18,20)(H,19,23)/t14-/m1/s1. The molecule has 1 saturated heterocycles. The van der Waals surface area contributed by atoms with E-state index in [1.165, 1.54) is 0 Å². The lowest BCUT2D eigenvalue weighted by Crippen LogP contribution is -2.41. The lowest BCUT2D eigenvalue weighted by molar-refractivity contribution is 0.0955. The zero-order valence-corrected chi connectivity index (χ0v) is 14.8. The van der Waals surface area contributed by atoms with Crippen LogP contribution in [0.4, 0.5) is 0 Å². The number of aliphatic hydroxyl groups is 1. The molecule has 7 heteroatoms. The molecule has 1 aliphatic heterocycles. The number of hydrogen-bond acceptors (Lipinski definition) is 3. The molecule has 1 aromatic rings. The first kappa shape index (κ1) is 17.7. The van der Waals surface area contributed by atoms with Crippen LogP contribution in [0.3, 0.4) is 0 Å². The van der Waals surface area contributed by atoms with Crippen molar-refractivity contribution in [2.75, 3.05) is 32.7 Å². The minimum atomic E-state index is -0.282. The lowest BCUT2D eigenvalue weighted by atomic mass is 10.2. The van der Waals surface area contributed by atoms with E-state index >= 15 is 0 Å². The minimum Gasteiger partial charge on any atom is -0.391 e. The normalized spacial score (nSPS) is 18.1. The van der Waals surface area contributed by atoms with Gasteiger partial charge in [0.15, 0.2) is 5.96 Å². The number of hydrogen-bond donors (Lipinski definition) is 3. The van der Waals surface area contributed by atoms with Gasteiger partial charge >= 0.3 is 0 Å². The van der Waals surface area contributed by atoms with Gasteiger partial charge in [-0.25, -0.2) is 0 Å². The van der Waals surface area contributed by atoms with Crippen molar-refractivity contribution in [1.82, 2.24) is 15.5 Å². The number of rotatable bonds is 5. The predicted molar refractivity (Wildman–Crippen MR) is 94.7 cm³/mol. The summed E-state index contributed by atoms with van der Waals surface area (Å²) in [5.74, 6) is 0.691. The molecule has 0 radical (unpaired) electrons. The van der Waals surface area contributed by atoms with Crippen molar-refractivity contribution in [3.05, 3.63) is 34.3 Å². The maximum absolute atomic E-state index is 12.0. The molecule has 6 nitrogen and oxygen atoms in total. The van der Waals surface area contributed by atoms with E-state index in [1.807, 2.05) is 24.0 Å². The number of carbonyl (C=O) groups excluding carboxylic acids is 1. The highest BCUT2D eigenvalue weighted by molar-refractivity contribution is 9.10. The summed E-state index contributed by atoms with van der Waals surface area (Å²) in [6.45, 7) is 5.17. The molecular formula is C16H23BrN4O2. The fourth-order valence-electron chi connectivity index (χ4n) is 2.39. The summed E-state index contributed by atoms with van der Waals surface area (Å²) in [5.41, 5.74) is 0.631. The first-order chi connectivity index (χ1) is 11.1. The van der Waals surface area contributed by atoms with Gasteiger partial charge in [-0.15, -0.1) is 0 Å². The highest BCUT2D eigenvalue weighted by Crippen LogP contribution is 2.10. The van der Waals surface area contributed by atoms with Crippen molar-refractivity contribution in [3.63, 3.8) is 0 Å². The minimum absolute atomic E-state index is 0.103. The van der Waals surface area contributed by atoms with Gasteiger partial charge in [0.25, 0.3) is 5.91 Å². The van der Waals surface area contributed by atoms with Crippen molar-refractivity contribution in [2.24, 2.45) is 4.99 Å². The second-order valence-electron chi connectivity index (χ2n) is 5.39. The summed E-state index contributed by atoms with van der Waals surface area (Å²) in [5, 5.41) is 15.7. The van der Waals surface area contributed by atoms with Gasteiger partial charge in [0, 0.05) is 36.2 Å². The van der Waals surface area contributed by atoms with Gasteiger partial charge < -0.3 is 20.6 Å². The van der Waals surface area contributed by atoms with E-state index in [-0.39, 0.29) is 12.0 Å². The molecule has 2 rings (SSSR count). The molecule has 126 valence electrons. The molecule has 0 bridgehead atoms. The molecule has 1 heterocycles. The van der Waals surface area contributed by atoms with Crippen LogP contribution >= 0.6 is 15.9 Å². The molecule has 1 amide bonds. The Hall–Kier alpha value is -1.60. The number of β-amino-alcohol motifs (C(OH)–C–C–N with tert-alkyl or cyclic N) is 1. The van der Waals surface area contributed by atoms with Crippen molar-refractivity contribution in [2.45, 2.75) is 19.4 Å². The second-order valence-corrected chi connectivity index (χ2v) is 6.30. The predicted octanol–water partition coefficient (Wildman–Crippen LogP) is 1.21. The van der Waals surface area contributed by atoms with E-state index in [1.54, 1.807) is 12.1 Å². The average Bonchev–Trinajstić information content (AvgIpc) is 2.97. The van der Waals surface area contributed by atoms with Crippen LogP contribution in [0.15, 0.2) is 33.7 Å². The summed E-state index contributed by atoms with van der Waals surface area (Å²) in [4.78, 5) is 18.5. The molecule has 0 saturated carbocycles. The Labute approximate surface area is 145 Å². The number of aliphatic imine (C=N–C) groups is 1. The van der Waals surface area contributed by atoms with Crippen LogP contribution in [0, 0.1) is 0 Å². The Kier molecular flexibility index (Phi) is 6.85. The molecule has 23 heavy (non-hydrogen) atoms. The number of aliphatic hydroxyl groups excluding tert-OH is 1. The fraction of sp³-hybridized carbons (Fsp3) is 0.500. The third kappa shape index (κ3) is 5.51. The summed E-state index contributed by atoms with van der Waals surface area (Å²) in [7, 11) is 0. The second kappa shape index (κ2) is 8.88. The number of nitrogens with one attached hydrogen (secondary N) is 2. The molecule has 1 aliphatic rings. The number of likely N-dealkylation sites (tertiary alicyclic amines) is 1. The Morgan fingerprint density at radius 1 is 1.39 bits per heavy atom. The molecule has 1 atom stereocenters. The Morgan fingerprint density at radius 2 is 2.13 bits per heavy atom. The van der Waals surface area contributed by atoms with Crippen molar-refractivity contribution in [1.29, 1.82) is 0 Å². The van der Waals surface area contributed by atoms with Crippen molar-refractivity contribution >= 4 is 27.8 Å². The number of nitrogens with zero attached hydrogens (tertiary/aromatic N) is 2. The van der Waals surface area contributed by atoms with Crippen molar-refractivity contribution < 1.29 is 9.90 Å². The van der Waals surface area contributed by atoms with E-state index < -0.39 is 0 Å². The van der Waals surface area contributed by atoms with Gasteiger partial charge in [-0.1, -0.05) is 15.9 Å². The lowest BCUT2D eigenvalue weighted by Gasteiger charge is -2.20. The third-order valence-electron chi connectivity index (χ3n) is 3.56. The molecule has 0 aliphatic carbocycles. The largest absolute Gasteiger partial charge is 0.391 e. The molecule has 1 fully saturated rings. The maximum Gasteiger partial charge on any atom is 0.251 e. The molecular weight excluding hydrogens is 360 g/mol. The number of carbonyl (C=O) groups is 1. The molecule has 0 unspecified atom stereocenters. The smallest absolute Gasteiger partial charge is 0.251 e. The van der Waals surface area contributed by atoms with Crippen LogP contribution < -0.4 is 10.6 Å². The Balaban J connectivity index is 1.81. The Morgan fingerprint density at radius 3 is 2.74 bits per heavy atom. The quantitative estimate of drug-likeness (QED) is 0.406. The van der Waals surface area contributed by atoms with E-state index in [0.717, 1.165) is 29.9 Å². The van der Waals surface area contributed by atoms with Gasteiger partial charge in [0.05, 0.1) is 12.6 Å². The molecule has 1 aromatic carbocycles. The summed E-state index contributed by atoms with van der Waals surface area (Å²) in [6.07, 6.45) is 0.487. The first-order valence-electron chi connectivity index (χ1n) is 7.85. The zero-order valence-electron chi connectivity index (χ0n) is 13.3. The highest BCUT2D eigenvalue weighted by atomic mass is 79.9. The van der Waals surface area contributed by atoms with Gasteiger partial charge in [-0.3, -0.25) is 9.79 Å². The zero-order chi connectivity index (χ0) is 16.7. The summed E-state index contributed by atoms with van der Waals surface area (Å²) < 4.78 is 0.946. The monoisotopic (exact) mass is 382 g/mol. The van der Waals surface area contributed by atoms with E-state index in [9.17, 15) is 9.90 Å². The van der Waals surface area contributed by atoms with E-state index in [2.05, 4.69) is 31.6 Å². The average molecular weight is 383 g/mol. The SMILES string of the molecule is CCNC(=NCCNC(=O)c1ccc(Br)cc1)N1CC[C@@H](O)C1. The number of halogens is 1. The topological polar surface area (TPSA) is 77.0 Å². The molecule has 3 N–H and O–H groups in total. The Bertz CT molecular complexity index is 548. The maximum atomic E-state index is 12.0. The van der Waals surface area contributed by atoms with Gasteiger partial charge in [0.2, 0.25) is 0 Å². The van der Waals surface area contributed by atoms with Gasteiger partial charge in [-0.05, 0) is 37.6 Å². The van der Waals surface area contributed by atoms with Crippen LogP contribution in [-0.2, 0) is 0 Å². The van der Waals surface area contributed by atoms with Crippen LogP contribution in [0.5, 0.6) is 0 Å². The number of amides is 1. The molecule has 0 spiro atoms. The third-order valence-corrected chi connectivity index (χ3v) is 4.09. The fourth-order valence-corrected chi connectivity index (χ4v) is 2.66.